The van der Waals surface area contributed by atoms with Gasteiger partial charge in [0.2, 0.25) is 0 Å². The van der Waals surface area contributed by atoms with Gasteiger partial charge in [-0.05, 0) is 31.1 Å². The van der Waals surface area contributed by atoms with E-state index >= 15 is 0 Å². The lowest BCUT2D eigenvalue weighted by Gasteiger charge is -2.38. The Morgan fingerprint density at radius 1 is 0.519 bits per heavy atom. The highest BCUT2D eigenvalue weighted by Crippen LogP contribution is 2.40. The lowest BCUT2D eigenvalue weighted by atomic mass is 9.70. The third kappa shape index (κ3) is 13.7. The molecule has 0 heterocycles. The van der Waals surface area contributed by atoms with Gasteiger partial charge in [-0.3, -0.25) is 0 Å². The molecule has 1 nitrogen and oxygen atoms in total. The minimum atomic E-state index is -0.0781. The molecule has 0 aromatic rings. The first-order chi connectivity index (χ1) is 13.2. The van der Waals surface area contributed by atoms with E-state index in [1.165, 1.54) is 116 Å². The molecule has 164 valence electrons. The van der Waals surface area contributed by atoms with E-state index in [0.717, 1.165) is 12.8 Å². The maximum atomic E-state index is 11.1. The summed E-state index contributed by atoms with van der Waals surface area (Å²) in [5, 5.41) is 11.1. The molecule has 1 unspecified atom stereocenters. The summed E-state index contributed by atoms with van der Waals surface area (Å²) in [6.45, 7) is 9.18. The van der Waals surface area contributed by atoms with Crippen LogP contribution in [-0.2, 0) is 0 Å². The number of aliphatic hydroxyl groups is 1. The normalized spacial score (nSPS) is 13.2. The van der Waals surface area contributed by atoms with Gasteiger partial charge in [-0.15, -0.1) is 0 Å². The molecule has 0 radical (unpaired) electrons. The fraction of sp³-hybridized carbons (Fsp3) is 1.00. The maximum Gasteiger partial charge on any atom is 0.0596 e. The Balaban J connectivity index is 4.47. The van der Waals surface area contributed by atoms with Crippen LogP contribution < -0.4 is 0 Å². The standard InChI is InChI=1S/C26H54O/c1-5-9-12-15-17-20-23-26(8-4,24-21-18-16-13-10-6-2)25(27)22-19-14-11-7-3/h25,27H,5-24H2,1-4H3. The molecular weight excluding hydrogens is 328 g/mol. The minimum absolute atomic E-state index is 0.0781. The van der Waals surface area contributed by atoms with Crippen molar-refractivity contribution in [2.24, 2.45) is 5.41 Å². The average molecular weight is 383 g/mol. The van der Waals surface area contributed by atoms with Crippen molar-refractivity contribution < 1.29 is 5.11 Å². The Hall–Kier alpha value is -0.0400. The number of rotatable bonds is 21. The van der Waals surface area contributed by atoms with E-state index in [4.69, 9.17) is 0 Å². The first-order valence-electron chi connectivity index (χ1n) is 12.8. The van der Waals surface area contributed by atoms with Crippen LogP contribution in [0.4, 0.5) is 0 Å². The maximum absolute atomic E-state index is 11.1. The second-order valence-electron chi connectivity index (χ2n) is 9.12. The fourth-order valence-electron chi connectivity index (χ4n) is 4.63. The molecule has 1 atom stereocenters. The SMILES string of the molecule is CCCCCCCCC(CC)(CCCCCCCC)C(O)CCCCCC. The van der Waals surface area contributed by atoms with Gasteiger partial charge in [0, 0.05) is 0 Å². The van der Waals surface area contributed by atoms with Gasteiger partial charge in [0.15, 0.2) is 0 Å². The summed E-state index contributed by atoms with van der Waals surface area (Å²) in [4.78, 5) is 0. The average Bonchev–Trinajstić information content (AvgIpc) is 2.69. The lowest BCUT2D eigenvalue weighted by molar-refractivity contribution is -0.00381. The van der Waals surface area contributed by atoms with E-state index in [1.54, 1.807) is 0 Å². The van der Waals surface area contributed by atoms with Crippen LogP contribution >= 0.6 is 0 Å². The Labute approximate surface area is 173 Å². The van der Waals surface area contributed by atoms with Crippen molar-refractivity contribution in [2.45, 2.75) is 162 Å². The van der Waals surface area contributed by atoms with Gasteiger partial charge in [0.25, 0.3) is 0 Å². The number of hydrogen-bond acceptors (Lipinski definition) is 1. The summed E-state index contributed by atoms with van der Waals surface area (Å²) < 4.78 is 0. The van der Waals surface area contributed by atoms with Crippen LogP contribution in [0.5, 0.6) is 0 Å². The summed E-state index contributed by atoms with van der Waals surface area (Å²) in [5.74, 6) is 0. The highest BCUT2D eigenvalue weighted by molar-refractivity contribution is 4.85. The van der Waals surface area contributed by atoms with Crippen LogP contribution in [0, 0.1) is 5.41 Å². The predicted octanol–water partition coefficient (Wildman–Crippen LogP) is 9.22. The van der Waals surface area contributed by atoms with Crippen molar-refractivity contribution in [2.75, 3.05) is 0 Å². The first-order valence-corrected chi connectivity index (χ1v) is 12.8. The molecule has 0 rings (SSSR count). The molecule has 0 bridgehead atoms. The van der Waals surface area contributed by atoms with Gasteiger partial charge in [-0.25, -0.2) is 0 Å². The van der Waals surface area contributed by atoms with Crippen molar-refractivity contribution in [3.05, 3.63) is 0 Å². The third-order valence-electron chi connectivity index (χ3n) is 6.80. The van der Waals surface area contributed by atoms with E-state index in [0.29, 0.717) is 0 Å². The van der Waals surface area contributed by atoms with Crippen LogP contribution in [0.1, 0.15) is 156 Å². The van der Waals surface area contributed by atoms with Crippen molar-refractivity contribution >= 4 is 0 Å². The van der Waals surface area contributed by atoms with Gasteiger partial charge in [-0.2, -0.15) is 0 Å². The monoisotopic (exact) mass is 382 g/mol. The summed E-state index contributed by atoms with van der Waals surface area (Å²) in [5.41, 5.74) is 0.196. The van der Waals surface area contributed by atoms with Crippen LogP contribution in [0.3, 0.4) is 0 Å². The Morgan fingerprint density at radius 2 is 0.889 bits per heavy atom. The number of aliphatic hydroxyl groups excluding tert-OH is 1. The largest absolute Gasteiger partial charge is 0.393 e. The quantitative estimate of drug-likeness (QED) is 0.196. The smallest absolute Gasteiger partial charge is 0.0596 e. The molecule has 1 N–H and O–H groups in total. The van der Waals surface area contributed by atoms with E-state index in [9.17, 15) is 5.11 Å². The molecule has 0 saturated heterocycles. The second-order valence-corrected chi connectivity index (χ2v) is 9.12. The van der Waals surface area contributed by atoms with Gasteiger partial charge in [0.05, 0.1) is 6.10 Å². The molecular formula is C26H54O. The van der Waals surface area contributed by atoms with Gasteiger partial charge in [-0.1, -0.05) is 130 Å². The van der Waals surface area contributed by atoms with Crippen molar-refractivity contribution in [1.82, 2.24) is 0 Å². The van der Waals surface area contributed by atoms with Gasteiger partial charge >= 0.3 is 0 Å². The van der Waals surface area contributed by atoms with E-state index in [-0.39, 0.29) is 11.5 Å². The molecule has 0 saturated carbocycles. The second kappa shape index (κ2) is 19.3. The Bertz CT molecular complexity index is 270. The first kappa shape index (κ1) is 27.0. The van der Waals surface area contributed by atoms with Gasteiger partial charge in [0.1, 0.15) is 0 Å². The molecule has 0 aliphatic carbocycles. The lowest BCUT2D eigenvalue weighted by Crippen LogP contribution is -2.35. The Kier molecular flexibility index (Phi) is 19.3. The van der Waals surface area contributed by atoms with Crippen LogP contribution in [-0.4, -0.2) is 11.2 Å². The van der Waals surface area contributed by atoms with Crippen LogP contribution in [0.25, 0.3) is 0 Å². The van der Waals surface area contributed by atoms with E-state index in [1.807, 2.05) is 0 Å². The number of unbranched alkanes of at least 4 members (excludes halogenated alkanes) is 13. The molecule has 0 aliphatic heterocycles. The minimum Gasteiger partial charge on any atom is -0.393 e. The number of hydrogen-bond donors (Lipinski definition) is 1. The van der Waals surface area contributed by atoms with Gasteiger partial charge < -0.3 is 5.11 Å². The van der Waals surface area contributed by atoms with E-state index in [2.05, 4.69) is 27.7 Å². The summed E-state index contributed by atoms with van der Waals surface area (Å²) in [6, 6.07) is 0. The summed E-state index contributed by atoms with van der Waals surface area (Å²) in [6.07, 6.45) is 26.1. The van der Waals surface area contributed by atoms with Crippen LogP contribution in [0.2, 0.25) is 0 Å². The van der Waals surface area contributed by atoms with Crippen molar-refractivity contribution in [1.29, 1.82) is 0 Å². The van der Waals surface area contributed by atoms with Crippen LogP contribution in [0.15, 0.2) is 0 Å². The summed E-state index contributed by atoms with van der Waals surface area (Å²) in [7, 11) is 0. The third-order valence-corrected chi connectivity index (χ3v) is 6.80. The zero-order valence-electron chi connectivity index (χ0n) is 19.7. The summed E-state index contributed by atoms with van der Waals surface area (Å²) >= 11 is 0. The molecule has 0 amide bonds. The van der Waals surface area contributed by atoms with Crippen molar-refractivity contribution in [3.63, 3.8) is 0 Å². The topological polar surface area (TPSA) is 20.2 Å². The Morgan fingerprint density at radius 3 is 1.30 bits per heavy atom. The van der Waals surface area contributed by atoms with Crippen molar-refractivity contribution in [3.8, 4) is 0 Å². The zero-order valence-corrected chi connectivity index (χ0v) is 19.7. The molecule has 0 spiro atoms. The zero-order chi connectivity index (χ0) is 20.2. The molecule has 0 fully saturated rings. The molecule has 27 heavy (non-hydrogen) atoms. The molecule has 0 aromatic carbocycles. The highest BCUT2D eigenvalue weighted by Gasteiger charge is 2.34. The predicted molar refractivity (Wildman–Crippen MR) is 123 cm³/mol. The van der Waals surface area contributed by atoms with E-state index < -0.39 is 0 Å². The molecule has 0 aliphatic rings. The molecule has 1 heteroatoms. The highest BCUT2D eigenvalue weighted by atomic mass is 16.3. The fourth-order valence-corrected chi connectivity index (χ4v) is 4.63. The molecule has 0 aromatic heterocycles.